The molecule has 0 aliphatic heterocycles. The second kappa shape index (κ2) is 8.92. The van der Waals surface area contributed by atoms with Crippen LogP contribution < -0.4 is 5.32 Å². The highest BCUT2D eigenvalue weighted by atomic mass is 79.9. The first-order chi connectivity index (χ1) is 10.2. The van der Waals surface area contributed by atoms with E-state index in [9.17, 15) is 0 Å². The molecule has 1 aliphatic carbocycles. The highest BCUT2D eigenvalue weighted by molar-refractivity contribution is 9.10. The van der Waals surface area contributed by atoms with E-state index in [0.29, 0.717) is 6.04 Å². The van der Waals surface area contributed by atoms with Crippen LogP contribution in [0, 0.1) is 0 Å². The molecule has 0 spiro atoms. The predicted molar refractivity (Wildman–Crippen MR) is 94.7 cm³/mol. The maximum absolute atomic E-state index is 3.64. The number of hydrogen-bond acceptors (Lipinski definition) is 2. The van der Waals surface area contributed by atoms with Crippen molar-refractivity contribution in [2.45, 2.75) is 57.5 Å². The first-order valence-electron chi connectivity index (χ1n) is 8.39. The Morgan fingerprint density at radius 1 is 1.29 bits per heavy atom. The van der Waals surface area contributed by atoms with Gasteiger partial charge >= 0.3 is 0 Å². The average molecular weight is 353 g/mol. The molecular formula is C18H29BrN2. The molecule has 2 nitrogen and oxygen atoms in total. The van der Waals surface area contributed by atoms with Crippen molar-refractivity contribution in [1.29, 1.82) is 0 Å². The second-order valence-corrected chi connectivity index (χ2v) is 7.14. The van der Waals surface area contributed by atoms with E-state index in [1.807, 2.05) is 0 Å². The van der Waals surface area contributed by atoms with Gasteiger partial charge in [0.05, 0.1) is 0 Å². The van der Waals surface area contributed by atoms with Crippen LogP contribution in [0.2, 0.25) is 0 Å². The monoisotopic (exact) mass is 352 g/mol. The largest absolute Gasteiger partial charge is 0.310 e. The smallest absolute Gasteiger partial charge is 0.0332 e. The third-order valence-electron chi connectivity index (χ3n) is 4.67. The molecule has 0 aromatic heterocycles. The zero-order chi connectivity index (χ0) is 15.1. The van der Waals surface area contributed by atoms with Gasteiger partial charge in [-0.05, 0) is 57.1 Å². The lowest BCUT2D eigenvalue weighted by molar-refractivity contribution is 0.183. The van der Waals surface area contributed by atoms with Crippen molar-refractivity contribution in [3.05, 3.63) is 34.3 Å². The Morgan fingerprint density at radius 2 is 2.05 bits per heavy atom. The number of benzene rings is 1. The predicted octanol–water partition coefficient (Wildman–Crippen LogP) is 4.75. The summed E-state index contributed by atoms with van der Waals surface area (Å²) in [5.41, 5.74) is 1.39. The zero-order valence-electron chi connectivity index (χ0n) is 13.4. The van der Waals surface area contributed by atoms with E-state index in [1.54, 1.807) is 0 Å². The van der Waals surface area contributed by atoms with E-state index in [4.69, 9.17) is 0 Å². The van der Waals surface area contributed by atoms with Gasteiger partial charge in [-0.3, -0.25) is 0 Å². The van der Waals surface area contributed by atoms with Crippen molar-refractivity contribution in [2.24, 2.45) is 0 Å². The lowest BCUT2D eigenvalue weighted by Gasteiger charge is -2.32. The molecule has 0 heterocycles. The molecule has 0 amide bonds. The van der Waals surface area contributed by atoms with Crippen LogP contribution in [-0.2, 0) is 0 Å². The molecule has 1 fully saturated rings. The Kier molecular flexibility index (Phi) is 7.21. The van der Waals surface area contributed by atoms with E-state index in [2.05, 4.69) is 64.4 Å². The van der Waals surface area contributed by atoms with Crippen LogP contribution in [-0.4, -0.2) is 31.1 Å². The molecule has 0 saturated heterocycles. The first kappa shape index (κ1) is 17.0. The summed E-state index contributed by atoms with van der Waals surface area (Å²) in [5.74, 6) is 0. The van der Waals surface area contributed by atoms with E-state index in [-0.39, 0.29) is 0 Å². The summed E-state index contributed by atoms with van der Waals surface area (Å²) >= 11 is 3.59. The van der Waals surface area contributed by atoms with Gasteiger partial charge in [0.15, 0.2) is 0 Å². The summed E-state index contributed by atoms with van der Waals surface area (Å²) in [6.07, 6.45) is 8.22. The minimum atomic E-state index is 0.457. The SMILES string of the molecule is CCNC(CCN(C)C1CCCCC1)c1cccc(Br)c1. The summed E-state index contributed by atoms with van der Waals surface area (Å²) in [6, 6.07) is 9.98. The summed E-state index contributed by atoms with van der Waals surface area (Å²) in [6.45, 7) is 4.38. The molecule has 1 atom stereocenters. The van der Waals surface area contributed by atoms with Gasteiger partial charge in [0.1, 0.15) is 0 Å². The molecule has 1 N–H and O–H groups in total. The van der Waals surface area contributed by atoms with E-state index in [0.717, 1.165) is 12.6 Å². The molecule has 118 valence electrons. The highest BCUT2D eigenvalue weighted by Gasteiger charge is 2.19. The topological polar surface area (TPSA) is 15.3 Å². The summed E-state index contributed by atoms with van der Waals surface area (Å²) < 4.78 is 1.17. The van der Waals surface area contributed by atoms with E-state index < -0.39 is 0 Å². The van der Waals surface area contributed by atoms with Crippen LogP contribution in [0.5, 0.6) is 0 Å². The minimum Gasteiger partial charge on any atom is -0.310 e. The van der Waals surface area contributed by atoms with Crippen molar-refractivity contribution < 1.29 is 0 Å². The highest BCUT2D eigenvalue weighted by Crippen LogP contribution is 2.24. The van der Waals surface area contributed by atoms with Crippen LogP contribution >= 0.6 is 15.9 Å². The summed E-state index contributed by atoms with van der Waals surface area (Å²) in [5, 5.41) is 3.64. The Balaban J connectivity index is 1.90. The zero-order valence-corrected chi connectivity index (χ0v) is 15.0. The van der Waals surface area contributed by atoms with Crippen molar-refractivity contribution in [3.63, 3.8) is 0 Å². The van der Waals surface area contributed by atoms with Gasteiger partial charge in [-0.15, -0.1) is 0 Å². The normalized spacial score (nSPS) is 18.1. The molecule has 1 aromatic rings. The number of hydrogen-bond donors (Lipinski definition) is 1. The lowest BCUT2D eigenvalue weighted by Crippen LogP contribution is -2.36. The molecule has 1 aliphatic rings. The number of nitrogens with zero attached hydrogens (tertiary/aromatic N) is 1. The van der Waals surface area contributed by atoms with E-state index in [1.165, 1.54) is 55.1 Å². The van der Waals surface area contributed by atoms with Crippen LogP contribution in [0.15, 0.2) is 28.7 Å². The third kappa shape index (κ3) is 5.39. The fourth-order valence-electron chi connectivity index (χ4n) is 3.39. The van der Waals surface area contributed by atoms with Gasteiger partial charge in [-0.25, -0.2) is 0 Å². The molecule has 0 bridgehead atoms. The Labute approximate surface area is 138 Å². The van der Waals surface area contributed by atoms with Gasteiger partial charge in [0, 0.05) is 16.6 Å². The minimum absolute atomic E-state index is 0.457. The fraction of sp³-hybridized carbons (Fsp3) is 0.667. The average Bonchev–Trinajstić information content (AvgIpc) is 2.52. The number of halogens is 1. The van der Waals surface area contributed by atoms with Gasteiger partial charge < -0.3 is 10.2 Å². The van der Waals surface area contributed by atoms with Crippen LogP contribution in [0.1, 0.15) is 57.1 Å². The molecule has 2 rings (SSSR count). The van der Waals surface area contributed by atoms with Crippen molar-refractivity contribution in [1.82, 2.24) is 10.2 Å². The number of nitrogens with one attached hydrogen (secondary N) is 1. The van der Waals surface area contributed by atoms with Gasteiger partial charge in [0.2, 0.25) is 0 Å². The van der Waals surface area contributed by atoms with Crippen molar-refractivity contribution in [2.75, 3.05) is 20.1 Å². The molecule has 1 aromatic carbocycles. The quantitative estimate of drug-likeness (QED) is 0.761. The Morgan fingerprint density at radius 3 is 2.71 bits per heavy atom. The Bertz CT molecular complexity index is 415. The van der Waals surface area contributed by atoms with Crippen molar-refractivity contribution in [3.8, 4) is 0 Å². The van der Waals surface area contributed by atoms with Crippen LogP contribution in [0.4, 0.5) is 0 Å². The summed E-state index contributed by atoms with van der Waals surface area (Å²) in [4.78, 5) is 2.58. The molecule has 21 heavy (non-hydrogen) atoms. The standard InChI is InChI=1S/C18H29BrN2/c1-3-20-18(15-8-7-9-16(19)14-15)12-13-21(2)17-10-5-4-6-11-17/h7-9,14,17-18,20H,3-6,10-13H2,1-2H3. The first-order valence-corrected chi connectivity index (χ1v) is 9.19. The fourth-order valence-corrected chi connectivity index (χ4v) is 3.81. The second-order valence-electron chi connectivity index (χ2n) is 6.23. The van der Waals surface area contributed by atoms with Crippen molar-refractivity contribution >= 4 is 15.9 Å². The molecule has 1 unspecified atom stereocenters. The van der Waals surface area contributed by atoms with Gasteiger partial charge in [-0.2, -0.15) is 0 Å². The molecule has 0 radical (unpaired) electrons. The van der Waals surface area contributed by atoms with Crippen LogP contribution in [0.3, 0.4) is 0 Å². The lowest BCUT2D eigenvalue weighted by atomic mass is 9.94. The van der Waals surface area contributed by atoms with Crippen LogP contribution in [0.25, 0.3) is 0 Å². The molecule has 3 heteroatoms. The van der Waals surface area contributed by atoms with E-state index >= 15 is 0 Å². The van der Waals surface area contributed by atoms with Gasteiger partial charge in [0.25, 0.3) is 0 Å². The maximum atomic E-state index is 3.64. The Hall–Kier alpha value is -0.380. The third-order valence-corrected chi connectivity index (χ3v) is 5.16. The maximum Gasteiger partial charge on any atom is 0.0332 e. The van der Waals surface area contributed by atoms with Gasteiger partial charge in [-0.1, -0.05) is 54.2 Å². The summed E-state index contributed by atoms with van der Waals surface area (Å²) in [7, 11) is 2.31. The molecule has 1 saturated carbocycles. The number of rotatable bonds is 7. The molecular weight excluding hydrogens is 324 g/mol.